The quantitative estimate of drug-likeness (QED) is 0.215. The minimum absolute atomic E-state index is 0.0812. The van der Waals surface area contributed by atoms with Gasteiger partial charge in [-0.1, -0.05) is 61.4 Å². The Labute approximate surface area is 237 Å². The highest BCUT2D eigenvalue weighted by Crippen LogP contribution is 2.36. The third kappa shape index (κ3) is 9.93. The van der Waals surface area contributed by atoms with Crippen LogP contribution in [0.3, 0.4) is 0 Å². The first kappa shape index (κ1) is 31.1. The molecular weight excluding hydrogens is 539 g/mol. The fourth-order valence-electron chi connectivity index (χ4n) is 4.47. The number of hydrogen-bond acceptors (Lipinski definition) is 4. The van der Waals surface area contributed by atoms with E-state index in [1.807, 2.05) is 13.8 Å². The molecule has 0 saturated carbocycles. The van der Waals surface area contributed by atoms with Gasteiger partial charge in [-0.25, -0.2) is 0 Å². The molecule has 0 heterocycles. The smallest absolute Gasteiger partial charge is 0.446 e. The molecule has 3 aromatic rings. The van der Waals surface area contributed by atoms with Crippen LogP contribution < -0.4 is 10.1 Å². The van der Waals surface area contributed by atoms with E-state index >= 15 is 0 Å². The molecule has 3 rings (SSSR count). The zero-order chi connectivity index (χ0) is 29.4. The van der Waals surface area contributed by atoms with Crippen molar-refractivity contribution in [2.24, 2.45) is 5.92 Å². The molecule has 0 aromatic heterocycles. The Morgan fingerprint density at radius 1 is 0.975 bits per heavy atom. The van der Waals surface area contributed by atoms with Gasteiger partial charge >= 0.3 is 11.5 Å². The second kappa shape index (κ2) is 13.7. The largest absolute Gasteiger partial charge is 0.489 e. The molecule has 0 fully saturated rings. The third-order valence-corrected chi connectivity index (χ3v) is 6.89. The van der Waals surface area contributed by atoms with E-state index < -0.39 is 11.5 Å². The predicted molar refractivity (Wildman–Crippen MR) is 151 cm³/mol. The average molecular weight is 574 g/mol. The molecule has 9 heteroatoms. The minimum Gasteiger partial charge on any atom is -0.489 e. The van der Waals surface area contributed by atoms with E-state index in [2.05, 4.69) is 37.4 Å². The molecule has 0 bridgehead atoms. The lowest BCUT2D eigenvalue weighted by molar-refractivity contribution is -0.136. The van der Waals surface area contributed by atoms with Crippen molar-refractivity contribution in [1.29, 1.82) is 0 Å². The van der Waals surface area contributed by atoms with E-state index in [9.17, 15) is 27.9 Å². The van der Waals surface area contributed by atoms with E-state index in [0.717, 1.165) is 23.1 Å². The number of alkyl halides is 3. The lowest BCUT2D eigenvalue weighted by Crippen LogP contribution is -2.30. The maximum absolute atomic E-state index is 13.6. The molecule has 3 aromatic carbocycles. The Kier molecular flexibility index (Phi) is 10.7. The summed E-state index contributed by atoms with van der Waals surface area (Å²) < 4.78 is 43.6. The zero-order valence-electron chi connectivity index (χ0n) is 23.0. The highest BCUT2D eigenvalue weighted by Gasteiger charge is 2.29. The Morgan fingerprint density at radius 3 is 2.20 bits per heavy atom. The van der Waals surface area contributed by atoms with Crippen molar-refractivity contribution < 1.29 is 32.6 Å². The molecule has 40 heavy (non-hydrogen) atoms. The van der Waals surface area contributed by atoms with Gasteiger partial charge in [-0.2, -0.15) is 13.2 Å². The van der Waals surface area contributed by atoms with Crippen molar-refractivity contribution in [2.75, 3.05) is 0 Å². The van der Waals surface area contributed by atoms with Crippen LogP contribution in [0.2, 0.25) is 0 Å². The fourth-order valence-corrected chi connectivity index (χ4v) is 5.01. The number of rotatable bonds is 12. The van der Waals surface area contributed by atoms with Gasteiger partial charge in [-0.05, 0) is 85.3 Å². The van der Waals surface area contributed by atoms with Crippen molar-refractivity contribution in [3.8, 4) is 5.75 Å². The Balaban J connectivity index is 1.83. The number of carboxylic acid groups (broad SMARTS) is 1. The molecular formula is C31H34F3NO4S. The number of ether oxygens (including phenoxy) is 1. The van der Waals surface area contributed by atoms with Gasteiger partial charge in [0.1, 0.15) is 12.4 Å². The number of carbonyl (C=O) groups is 2. The first-order chi connectivity index (χ1) is 18.8. The molecule has 0 saturated heterocycles. The molecule has 0 aliphatic carbocycles. The van der Waals surface area contributed by atoms with Crippen LogP contribution in [-0.2, 0) is 17.8 Å². The van der Waals surface area contributed by atoms with Crippen LogP contribution in [0, 0.1) is 19.8 Å². The van der Waals surface area contributed by atoms with Gasteiger partial charge in [-0.15, -0.1) is 0 Å². The molecule has 0 radical (unpaired) electrons. The number of benzene rings is 3. The Morgan fingerprint density at radius 2 is 1.62 bits per heavy atom. The van der Waals surface area contributed by atoms with Gasteiger partial charge in [0.25, 0.3) is 5.91 Å². The molecule has 0 aliphatic heterocycles. The topological polar surface area (TPSA) is 75.6 Å². The first-order valence-corrected chi connectivity index (χ1v) is 13.8. The van der Waals surface area contributed by atoms with Crippen molar-refractivity contribution in [1.82, 2.24) is 5.32 Å². The van der Waals surface area contributed by atoms with Crippen molar-refractivity contribution in [2.45, 2.75) is 70.0 Å². The number of hydrogen-bond donors (Lipinski definition) is 2. The molecule has 1 atom stereocenters. The molecule has 1 unspecified atom stereocenters. The molecule has 5 nitrogen and oxygen atoms in total. The number of aliphatic carboxylic acids is 1. The van der Waals surface area contributed by atoms with E-state index in [1.54, 1.807) is 30.3 Å². The Hall–Kier alpha value is -3.46. The number of aryl methyl sites for hydroxylation is 3. The lowest BCUT2D eigenvalue weighted by Gasteiger charge is -2.23. The zero-order valence-corrected chi connectivity index (χ0v) is 23.8. The Bertz CT molecular complexity index is 1300. The number of thioether (sulfide) groups is 1. The van der Waals surface area contributed by atoms with Crippen LogP contribution in [0.4, 0.5) is 13.2 Å². The average Bonchev–Trinajstić information content (AvgIpc) is 2.85. The predicted octanol–water partition coefficient (Wildman–Crippen LogP) is 8.03. The summed E-state index contributed by atoms with van der Waals surface area (Å²) in [6, 6.07) is 16.8. The summed E-state index contributed by atoms with van der Waals surface area (Å²) in [5, 5.41) is 12.4. The first-order valence-electron chi connectivity index (χ1n) is 13.0. The van der Waals surface area contributed by atoms with E-state index in [0.29, 0.717) is 28.4 Å². The maximum Gasteiger partial charge on any atom is 0.446 e. The van der Waals surface area contributed by atoms with Crippen LogP contribution >= 0.6 is 11.8 Å². The van der Waals surface area contributed by atoms with Gasteiger partial charge in [0.2, 0.25) is 0 Å². The van der Waals surface area contributed by atoms with Crippen molar-refractivity contribution in [3.63, 3.8) is 0 Å². The van der Waals surface area contributed by atoms with Crippen LogP contribution in [0.1, 0.15) is 70.9 Å². The summed E-state index contributed by atoms with van der Waals surface area (Å²) in [5.41, 5.74) is 0.425. The number of carboxylic acids is 1. The summed E-state index contributed by atoms with van der Waals surface area (Å²) in [6.07, 6.45) is 0.766. The molecule has 214 valence electrons. The molecule has 1 amide bonds. The summed E-state index contributed by atoms with van der Waals surface area (Å²) in [4.78, 5) is 24.9. The highest BCUT2D eigenvalue weighted by atomic mass is 32.2. The summed E-state index contributed by atoms with van der Waals surface area (Å²) in [6.45, 7) is 8.29. The molecule has 0 spiro atoms. The standard InChI is InChI=1S/C31H34F3NO4S/c1-19(2)13-28(24-15-20(3)14-21(4)16-24)35-30(38)27-17-25(9-7-23(27)8-12-29(36)37)39-18-22-5-10-26(11-6-22)40-31(32,33)34/h5-7,9-11,14-17,19,28H,8,12-13,18H2,1-4H3,(H,35,38)(H,36,37). The SMILES string of the molecule is Cc1cc(C)cc(C(CC(C)C)NC(=O)c2cc(OCc3ccc(SC(F)(F)F)cc3)ccc2CCC(=O)O)c1. The monoisotopic (exact) mass is 573 g/mol. The van der Waals surface area contributed by atoms with Crippen LogP contribution in [0.15, 0.2) is 65.6 Å². The fraction of sp³-hybridized carbons (Fsp3) is 0.355. The van der Waals surface area contributed by atoms with Crippen LogP contribution in [-0.4, -0.2) is 22.5 Å². The second-order valence-electron chi connectivity index (χ2n) is 10.3. The van der Waals surface area contributed by atoms with Crippen LogP contribution in [0.25, 0.3) is 0 Å². The van der Waals surface area contributed by atoms with Crippen LogP contribution in [0.5, 0.6) is 5.75 Å². The summed E-state index contributed by atoms with van der Waals surface area (Å²) >= 11 is -0.182. The van der Waals surface area contributed by atoms with Gasteiger partial charge < -0.3 is 15.2 Å². The second-order valence-corrected chi connectivity index (χ2v) is 11.4. The summed E-state index contributed by atoms with van der Waals surface area (Å²) in [7, 11) is 0. The van der Waals surface area contributed by atoms with E-state index in [-0.39, 0.29) is 48.1 Å². The number of nitrogens with one attached hydrogen (secondary N) is 1. The minimum atomic E-state index is -4.36. The van der Waals surface area contributed by atoms with Crippen molar-refractivity contribution >= 4 is 23.6 Å². The van der Waals surface area contributed by atoms with Gasteiger partial charge in [0.15, 0.2) is 0 Å². The van der Waals surface area contributed by atoms with Gasteiger partial charge in [0.05, 0.1) is 6.04 Å². The maximum atomic E-state index is 13.6. The van der Waals surface area contributed by atoms with E-state index in [4.69, 9.17) is 4.74 Å². The van der Waals surface area contributed by atoms with Crippen molar-refractivity contribution in [3.05, 3.63) is 94.0 Å². The normalized spacial score (nSPS) is 12.3. The summed E-state index contributed by atoms with van der Waals surface area (Å²) in [5.74, 6) is -0.589. The van der Waals surface area contributed by atoms with E-state index in [1.165, 1.54) is 12.1 Å². The third-order valence-electron chi connectivity index (χ3n) is 6.16. The lowest BCUT2D eigenvalue weighted by atomic mass is 9.93. The molecule has 0 aliphatic rings. The number of halogens is 3. The van der Waals surface area contributed by atoms with Gasteiger partial charge in [-0.3, -0.25) is 9.59 Å². The van der Waals surface area contributed by atoms with Gasteiger partial charge in [0, 0.05) is 16.9 Å². The highest BCUT2D eigenvalue weighted by molar-refractivity contribution is 8.00. The molecule has 2 N–H and O–H groups in total. The number of amides is 1. The number of carbonyl (C=O) groups excluding carboxylic acids is 1.